The fourth-order valence-corrected chi connectivity index (χ4v) is 21.7. The van der Waals surface area contributed by atoms with Gasteiger partial charge in [0, 0.05) is 96.9 Å². The van der Waals surface area contributed by atoms with E-state index in [1.54, 1.807) is 0 Å². The predicted molar refractivity (Wildman–Crippen MR) is 535 cm³/mol. The number of hydrogen-bond donors (Lipinski definition) is 0. The Morgan fingerprint density at radius 2 is 0.550 bits per heavy atom. The van der Waals surface area contributed by atoms with E-state index in [9.17, 15) is 0 Å². The number of rotatable bonds is 12. The zero-order chi connectivity index (χ0) is 85.6. The Kier molecular flexibility index (Phi) is 15.8. The number of benzene rings is 19. The van der Waals surface area contributed by atoms with E-state index < -0.39 is 0 Å². The molecule has 28 aromatic rings. The minimum Gasteiger partial charge on any atom is -0.435 e. The molecular weight excluding hydrogens is 1630 g/mol. The molecule has 0 fully saturated rings. The first-order valence-corrected chi connectivity index (χ1v) is 44.7. The summed E-state index contributed by atoms with van der Waals surface area (Å²) in [5.74, 6) is 3.81. The molecule has 14 nitrogen and oxygen atoms in total. The number of thiophene rings is 1. The third-order valence-corrected chi connectivity index (χ3v) is 27.5. The molecule has 0 spiro atoms. The van der Waals surface area contributed by atoms with Gasteiger partial charge in [0.1, 0.15) is 11.0 Å². The molecule has 0 N–H and O–H groups in total. The van der Waals surface area contributed by atoms with Crippen molar-refractivity contribution in [2.75, 3.05) is 0 Å². The molecule has 19 aromatic carbocycles. The highest BCUT2D eigenvalue weighted by Gasteiger charge is 2.30. The first kappa shape index (κ1) is 72.6. The van der Waals surface area contributed by atoms with E-state index in [4.69, 9.17) is 48.7 Å². The van der Waals surface area contributed by atoms with Gasteiger partial charge < -0.3 is 18.0 Å². The van der Waals surface area contributed by atoms with Gasteiger partial charge in [-0.3, -0.25) is 9.13 Å². The van der Waals surface area contributed by atoms with Crippen molar-refractivity contribution in [1.29, 1.82) is 0 Å². The maximum Gasteiger partial charge on any atom is 0.238 e. The lowest BCUT2D eigenvalue weighted by atomic mass is 9.91. The van der Waals surface area contributed by atoms with Crippen LogP contribution >= 0.6 is 11.3 Å². The van der Waals surface area contributed by atoms with Crippen LogP contribution in [0.25, 0.3) is 276 Å². The van der Waals surface area contributed by atoms with Crippen molar-refractivity contribution in [2.45, 2.75) is 0 Å². The van der Waals surface area contributed by atoms with Crippen LogP contribution in [-0.2, 0) is 0 Å². The summed E-state index contributed by atoms with van der Waals surface area (Å²) in [6.07, 6.45) is 0. The highest BCUT2D eigenvalue weighted by Crippen LogP contribution is 2.49. The zero-order valence-electron chi connectivity index (χ0n) is 69.7. The molecule has 0 amide bonds. The van der Waals surface area contributed by atoms with Gasteiger partial charge in [0.15, 0.2) is 34.5 Å². The second-order valence-corrected chi connectivity index (χ2v) is 34.7. The van der Waals surface area contributed by atoms with Gasteiger partial charge in [0.2, 0.25) is 23.7 Å². The fourth-order valence-electron chi connectivity index (χ4n) is 20.5. The Labute approximate surface area is 749 Å². The number of hydrogen-bond acceptors (Lipinski definition) is 11. The van der Waals surface area contributed by atoms with Crippen LogP contribution in [0.3, 0.4) is 0 Å². The Balaban J connectivity index is 0.622. The van der Waals surface area contributed by atoms with Crippen LogP contribution in [-0.4, -0.2) is 58.1 Å². The van der Waals surface area contributed by atoms with Gasteiger partial charge in [-0.25, -0.2) is 19.9 Å². The van der Waals surface area contributed by atoms with Crippen LogP contribution in [0.4, 0.5) is 0 Å². The smallest absolute Gasteiger partial charge is 0.238 e. The van der Waals surface area contributed by atoms with Crippen LogP contribution in [0.2, 0.25) is 0 Å². The van der Waals surface area contributed by atoms with E-state index in [2.05, 4.69) is 322 Å². The number of nitrogens with zero attached hydrogens (tertiary/aromatic N) is 12. The van der Waals surface area contributed by atoms with Crippen LogP contribution in [0, 0.1) is 0 Å². The predicted octanol–water partition coefficient (Wildman–Crippen LogP) is 29.9. The summed E-state index contributed by atoms with van der Waals surface area (Å²) in [4.78, 5) is 43.9. The second-order valence-electron chi connectivity index (χ2n) is 33.6. The van der Waals surface area contributed by atoms with Crippen molar-refractivity contribution in [1.82, 2.24) is 58.1 Å². The summed E-state index contributed by atoms with van der Waals surface area (Å²) in [7, 11) is 0. The highest BCUT2D eigenvalue weighted by atomic mass is 32.1. The van der Waals surface area contributed by atoms with E-state index in [1.807, 2.05) is 108 Å². The number of fused-ring (bicyclic) bond motifs is 25. The number of para-hydroxylation sites is 7. The van der Waals surface area contributed by atoms with Crippen LogP contribution < -0.4 is 0 Å². The van der Waals surface area contributed by atoms with Crippen molar-refractivity contribution in [3.63, 3.8) is 0 Å². The summed E-state index contributed by atoms with van der Waals surface area (Å²) >= 11 is 1.82. The van der Waals surface area contributed by atoms with Crippen LogP contribution in [0.5, 0.6) is 0 Å². The molecule has 9 aromatic heterocycles. The molecule has 0 radical (unpaired) electrons. The quantitative estimate of drug-likeness (QED) is 0.108. The van der Waals surface area contributed by atoms with Gasteiger partial charge in [0.25, 0.3) is 0 Å². The van der Waals surface area contributed by atoms with E-state index in [0.717, 1.165) is 175 Å². The van der Waals surface area contributed by atoms with Gasteiger partial charge in [0.05, 0.1) is 55.3 Å². The molecule has 0 unspecified atom stereocenters. The first-order chi connectivity index (χ1) is 64.9. The lowest BCUT2D eigenvalue weighted by Gasteiger charge is -2.15. The van der Waals surface area contributed by atoms with E-state index >= 15 is 0 Å². The molecule has 0 aliphatic carbocycles. The van der Waals surface area contributed by atoms with E-state index in [0.29, 0.717) is 80.3 Å². The number of oxazole rings is 2. The third-order valence-electron chi connectivity index (χ3n) is 26.3. The molecule has 0 aliphatic heterocycles. The molecule has 0 saturated heterocycles. The van der Waals surface area contributed by atoms with Gasteiger partial charge in [-0.05, 0) is 188 Å². The monoisotopic (exact) mass is 1690 g/mol. The van der Waals surface area contributed by atoms with Gasteiger partial charge >= 0.3 is 0 Å². The summed E-state index contributed by atoms with van der Waals surface area (Å²) < 4.78 is 25.5. The summed E-state index contributed by atoms with van der Waals surface area (Å²) in [5.41, 5.74) is 21.7. The maximum absolute atomic E-state index is 6.83. The molecule has 0 saturated carbocycles. The molecule has 9 heterocycles. The van der Waals surface area contributed by atoms with Crippen molar-refractivity contribution >= 4 is 173 Å². The minimum absolute atomic E-state index is 0.442. The Morgan fingerprint density at radius 3 is 1.08 bits per heavy atom. The lowest BCUT2D eigenvalue weighted by molar-refractivity contribution is 0.620. The molecule has 0 aliphatic rings. The van der Waals surface area contributed by atoms with Crippen molar-refractivity contribution in [3.05, 3.63) is 400 Å². The Bertz CT molecular complexity index is 9690. The third kappa shape index (κ3) is 11.1. The molecule has 0 bridgehead atoms. The average Bonchev–Trinajstić information content (AvgIpc) is 1.56. The van der Waals surface area contributed by atoms with E-state index in [1.165, 1.54) is 20.2 Å². The largest absolute Gasteiger partial charge is 0.435 e. The highest BCUT2D eigenvalue weighted by molar-refractivity contribution is 7.26. The molecule has 28 rings (SSSR count). The van der Waals surface area contributed by atoms with Crippen LogP contribution in [0.1, 0.15) is 0 Å². The lowest BCUT2D eigenvalue weighted by Crippen LogP contribution is -2.07. The van der Waals surface area contributed by atoms with Gasteiger partial charge in [-0.1, -0.05) is 267 Å². The Morgan fingerprint density at radius 1 is 0.198 bits per heavy atom. The van der Waals surface area contributed by atoms with Crippen molar-refractivity contribution in [2.24, 2.45) is 0 Å². The standard InChI is InChI=1S/C116H66N12O2S/c1-5-27-67(28-6-1)113-117-94-46-24-44-89(107(94)129-113)111-119-109(72-32-23-31-71(63-72)76-43-26-52-101-102(76)88-42-18-22-51-100(88)131-101)121-115(123-111)128-98-50-21-17-41-83(98)86-60-61-87-93-65-70(55-62-99(93)126(104(87)106(86)128)75-35-11-4-12-36-75)69-53-56-79-80-57-54-73(66-92(80)78-38-14-13-37-77(78)91(79)64-69)110-120-112(90-45-25-47-95-108(90)130-114(118-95)68-29-7-2-8-30-68)124-116(122-110)127-97-49-20-16-40-82(97)85-59-58-84-81-39-15-19-48-96(81)125(103(84)105(85)127)74-33-9-3-10-34-74/h1-66H. The topological polar surface area (TPSA) is 149 Å². The summed E-state index contributed by atoms with van der Waals surface area (Å²) in [6, 6.07) is 142. The minimum atomic E-state index is 0.442. The van der Waals surface area contributed by atoms with Crippen molar-refractivity contribution in [3.8, 4) is 114 Å². The fraction of sp³-hybridized carbons (Fsp3) is 0. The molecule has 131 heavy (non-hydrogen) atoms. The maximum atomic E-state index is 6.83. The van der Waals surface area contributed by atoms with Gasteiger partial charge in [-0.15, -0.1) is 11.3 Å². The molecule has 608 valence electrons. The molecular formula is C116H66N12O2S. The zero-order valence-corrected chi connectivity index (χ0v) is 70.5. The van der Waals surface area contributed by atoms with Crippen molar-refractivity contribution < 1.29 is 8.83 Å². The van der Waals surface area contributed by atoms with E-state index in [-0.39, 0.29) is 0 Å². The molecule has 15 heteroatoms. The number of aromatic nitrogens is 12. The first-order valence-electron chi connectivity index (χ1n) is 43.9. The second kappa shape index (κ2) is 28.4. The van der Waals surface area contributed by atoms with Crippen LogP contribution in [0.15, 0.2) is 409 Å². The summed E-state index contributed by atoms with van der Waals surface area (Å²) in [5, 5.41) is 17.8. The SMILES string of the molecule is c1ccc(-c2nc3cccc(-c4nc(-c5ccc6c7ccc(-c8ccc9c(c8)c8ccc%10c%11ccccc%11n(-c%11nc(-c%12cccc(-c%13cccc%14sc%15ccccc%15c%13%14)c%12)nc(-c%12cccc%13nc(-c%14ccccc%14)oc%12%13)n%11)c%10c8n9-c8ccccc8)cc7c7ccccc7c6c5)nc(-n5c6ccccc6c6ccc7c8ccccc8n(-c8ccccc8)c7c65)n4)c3o2)cc1. The normalized spacial score (nSPS) is 12.1. The Hall–Kier alpha value is -17.7. The average molecular weight is 1690 g/mol. The summed E-state index contributed by atoms with van der Waals surface area (Å²) in [6.45, 7) is 0. The molecule has 0 atom stereocenters. The van der Waals surface area contributed by atoms with Gasteiger partial charge in [-0.2, -0.15) is 19.9 Å².